The van der Waals surface area contributed by atoms with Crippen LogP contribution >= 0.6 is 0 Å². The van der Waals surface area contributed by atoms with Crippen LogP contribution in [0.25, 0.3) is 0 Å². The Morgan fingerprint density at radius 1 is 1.11 bits per heavy atom. The van der Waals surface area contributed by atoms with Crippen molar-refractivity contribution in [3.63, 3.8) is 0 Å². The highest BCUT2D eigenvalue weighted by atomic mass is 16.5. The Labute approximate surface area is 104 Å². The van der Waals surface area contributed by atoms with E-state index in [1.807, 2.05) is 0 Å². The van der Waals surface area contributed by atoms with Gasteiger partial charge in [-0.25, -0.2) is 4.79 Å². The van der Waals surface area contributed by atoms with E-state index in [0.29, 0.717) is 5.69 Å². The van der Waals surface area contributed by atoms with Crippen molar-refractivity contribution in [2.75, 3.05) is 11.5 Å². The molecule has 5 heteroatoms. The van der Waals surface area contributed by atoms with Gasteiger partial charge in [0.05, 0.1) is 5.56 Å². The third kappa shape index (κ3) is 2.35. The highest BCUT2D eigenvalue weighted by Gasteiger charge is 2.14. The number of carbonyl (C=O) groups excluding carboxylic acids is 1. The topological polar surface area (TPSA) is 98.6 Å². The number of phenolic OH excluding ortho intramolecular Hbond substituents is 1. The van der Waals surface area contributed by atoms with Crippen molar-refractivity contribution >= 4 is 17.3 Å². The van der Waals surface area contributed by atoms with Gasteiger partial charge in [-0.05, 0) is 30.3 Å². The van der Waals surface area contributed by atoms with Crippen LogP contribution in [-0.2, 0) is 0 Å². The summed E-state index contributed by atoms with van der Waals surface area (Å²) in [6, 6.07) is 10.7. The quantitative estimate of drug-likeness (QED) is 0.425. The van der Waals surface area contributed by atoms with Gasteiger partial charge in [-0.2, -0.15) is 0 Å². The lowest BCUT2D eigenvalue weighted by molar-refractivity contribution is 0.0731. The normalized spacial score (nSPS) is 10.0. The zero-order valence-corrected chi connectivity index (χ0v) is 9.46. The second-order valence-corrected chi connectivity index (χ2v) is 3.70. The van der Waals surface area contributed by atoms with Crippen LogP contribution in [0.3, 0.4) is 0 Å². The summed E-state index contributed by atoms with van der Waals surface area (Å²) in [5, 5.41) is 9.49. The molecule has 0 aromatic heterocycles. The first kappa shape index (κ1) is 11.8. The van der Waals surface area contributed by atoms with E-state index in [-0.39, 0.29) is 22.7 Å². The van der Waals surface area contributed by atoms with E-state index in [9.17, 15) is 9.90 Å². The second kappa shape index (κ2) is 4.67. The number of esters is 1. The molecule has 0 aliphatic carbocycles. The Balaban J connectivity index is 2.25. The van der Waals surface area contributed by atoms with Crippen molar-refractivity contribution in [2.24, 2.45) is 0 Å². The van der Waals surface area contributed by atoms with Gasteiger partial charge in [-0.15, -0.1) is 0 Å². The van der Waals surface area contributed by atoms with Crippen LogP contribution in [0.15, 0.2) is 42.5 Å². The molecule has 92 valence electrons. The lowest BCUT2D eigenvalue weighted by atomic mass is 10.1. The third-order valence-electron chi connectivity index (χ3n) is 2.36. The minimum atomic E-state index is -0.644. The Morgan fingerprint density at radius 2 is 1.83 bits per heavy atom. The molecule has 0 saturated heterocycles. The van der Waals surface area contributed by atoms with Gasteiger partial charge >= 0.3 is 5.97 Å². The van der Waals surface area contributed by atoms with Crippen LogP contribution in [0.4, 0.5) is 11.4 Å². The van der Waals surface area contributed by atoms with E-state index >= 15 is 0 Å². The largest absolute Gasteiger partial charge is 0.504 e. The van der Waals surface area contributed by atoms with E-state index in [4.69, 9.17) is 16.2 Å². The minimum absolute atomic E-state index is 0.0822. The smallest absolute Gasteiger partial charge is 0.345 e. The van der Waals surface area contributed by atoms with Crippen molar-refractivity contribution in [1.82, 2.24) is 0 Å². The number of nitrogen functional groups attached to an aromatic ring is 2. The monoisotopic (exact) mass is 244 g/mol. The number of rotatable bonds is 2. The van der Waals surface area contributed by atoms with Crippen LogP contribution < -0.4 is 16.2 Å². The minimum Gasteiger partial charge on any atom is -0.504 e. The summed E-state index contributed by atoms with van der Waals surface area (Å²) in [7, 11) is 0. The number of para-hydroxylation sites is 2. The Kier molecular flexibility index (Phi) is 3.05. The van der Waals surface area contributed by atoms with Gasteiger partial charge in [0, 0.05) is 11.4 Å². The summed E-state index contributed by atoms with van der Waals surface area (Å²) in [5.41, 5.74) is 12.1. The predicted octanol–water partition coefficient (Wildman–Crippen LogP) is 1.78. The summed E-state index contributed by atoms with van der Waals surface area (Å²) < 4.78 is 5.04. The van der Waals surface area contributed by atoms with Crippen molar-refractivity contribution in [1.29, 1.82) is 0 Å². The number of aromatic hydroxyl groups is 1. The first-order chi connectivity index (χ1) is 8.58. The lowest BCUT2D eigenvalue weighted by Gasteiger charge is -2.08. The van der Waals surface area contributed by atoms with E-state index in [2.05, 4.69) is 0 Å². The molecule has 0 spiro atoms. The van der Waals surface area contributed by atoms with Gasteiger partial charge < -0.3 is 21.3 Å². The zero-order valence-electron chi connectivity index (χ0n) is 9.46. The summed E-state index contributed by atoms with van der Waals surface area (Å²) in [6.45, 7) is 0. The summed E-state index contributed by atoms with van der Waals surface area (Å²) >= 11 is 0. The number of ether oxygens (including phenoxy) is 1. The number of phenols is 1. The molecule has 2 rings (SSSR count). The standard InChI is InChI=1S/C13H12N2O3/c14-8-5-6-9(10(15)7-8)13(17)18-12-4-2-1-3-11(12)16/h1-7,16H,14-15H2. The zero-order chi connectivity index (χ0) is 13.1. The molecule has 0 radical (unpaired) electrons. The van der Waals surface area contributed by atoms with Gasteiger partial charge in [-0.3, -0.25) is 0 Å². The molecule has 0 atom stereocenters. The average Bonchev–Trinajstić information content (AvgIpc) is 2.32. The first-order valence-corrected chi connectivity index (χ1v) is 5.23. The molecule has 0 saturated carbocycles. The van der Waals surface area contributed by atoms with Crippen molar-refractivity contribution in [3.05, 3.63) is 48.0 Å². The maximum Gasteiger partial charge on any atom is 0.345 e. The fourth-order valence-corrected chi connectivity index (χ4v) is 1.47. The molecule has 2 aromatic carbocycles. The molecular weight excluding hydrogens is 232 g/mol. The number of benzene rings is 2. The number of hydrogen-bond donors (Lipinski definition) is 3. The van der Waals surface area contributed by atoms with Gasteiger partial charge in [0.2, 0.25) is 0 Å². The maximum absolute atomic E-state index is 11.8. The lowest BCUT2D eigenvalue weighted by Crippen LogP contribution is -2.11. The number of anilines is 2. The molecule has 0 aliphatic rings. The molecule has 0 aliphatic heterocycles. The van der Waals surface area contributed by atoms with Crippen molar-refractivity contribution < 1.29 is 14.6 Å². The Hall–Kier alpha value is -2.69. The molecule has 0 amide bonds. The van der Waals surface area contributed by atoms with Gasteiger partial charge in [0.25, 0.3) is 0 Å². The van der Waals surface area contributed by atoms with Gasteiger partial charge in [-0.1, -0.05) is 12.1 Å². The predicted molar refractivity (Wildman–Crippen MR) is 68.3 cm³/mol. The van der Waals surface area contributed by atoms with Gasteiger partial charge in [0.15, 0.2) is 11.5 Å². The molecule has 0 bridgehead atoms. The highest BCUT2D eigenvalue weighted by Crippen LogP contribution is 2.26. The molecular formula is C13H12N2O3. The number of hydrogen-bond acceptors (Lipinski definition) is 5. The van der Waals surface area contributed by atoms with Crippen LogP contribution in [0.5, 0.6) is 11.5 Å². The van der Waals surface area contributed by atoms with Crippen molar-refractivity contribution in [2.45, 2.75) is 0 Å². The summed E-state index contributed by atoms with van der Waals surface area (Å²) in [5.74, 6) is -0.674. The average molecular weight is 244 g/mol. The molecule has 2 aromatic rings. The Morgan fingerprint density at radius 3 is 2.50 bits per heavy atom. The molecule has 0 unspecified atom stereocenters. The maximum atomic E-state index is 11.8. The Bertz CT molecular complexity index is 597. The fourth-order valence-electron chi connectivity index (χ4n) is 1.47. The van der Waals surface area contributed by atoms with Gasteiger partial charge in [0.1, 0.15) is 0 Å². The van der Waals surface area contributed by atoms with E-state index in [1.165, 1.54) is 24.3 Å². The van der Waals surface area contributed by atoms with Crippen LogP contribution in [0.1, 0.15) is 10.4 Å². The molecule has 0 fully saturated rings. The van der Waals surface area contributed by atoms with E-state index in [0.717, 1.165) is 0 Å². The summed E-state index contributed by atoms with van der Waals surface area (Å²) in [4.78, 5) is 11.8. The third-order valence-corrected chi connectivity index (χ3v) is 2.36. The van der Waals surface area contributed by atoms with E-state index < -0.39 is 5.97 Å². The molecule has 18 heavy (non-hydrogen) atoms. The van der Waals surface area contributed by atoms with Crippen LogP contribution in [0.2, 0.25) is 0 Å². The first-order valence-electron chi connectivity index (χ1n) is 5.23. The van der Waals surface area contributed by atoms with Crippen LogP contribution in [0, 0.1) is 0 Å². The summed E-state index contributed by atoms with van der Waals surface area (Å²) in [6.07, 6.45) is 0. The highest BCUT2D eigenvalue weighted by molar-refractivity contribution is 5.97. The number of nitrogens with two attached hydrogens (primary N) is 2. The second-order valence-electron chi connectivity index (χ2n) is 3.70. The number of carbonyl (C=O) groups is 1. The van der Waals surface area contributed by atoms with E-state index in [1.54, 1.807) is 18.2 Å². The van der Waals surface area contributed by atoms with Crippen LogP contribution in [-0.4, -0.2) is 11.1 Å². The molecule has 0 heterocycles. The molecule has 5 N–H and O–H groups in total. The molecule has 5 nitrogen and oxygen atoms in total. The SMILES string of the molecule is Nc1ccc(C(=O)Oc2ccccc2O)c(N)c1. The van der Waals surface area contributed by atoms with Crippen molar-refractivity contribution in [3.8, 4) is 11.5 Å². The fraction of sp³-hybridized carbons (Fsp3) is 0.